The van der Waals surface area contributed by atoms with Crippen molar-refractivity contribution < 1.29 is 26.7 Å². The Bertz CT molecular complexity index is 1030. The van der Waals surface area contributed by atoms with Crippen molar-refractivity contribution in [2.75, 3.05) is 0 Å². The molecule has 0 amide bonds. The number of nitrogens with zero attached hydrogens (tertiary/aromatic N) is 3. The van der Waals surface area contributed by atoms with Crippen molar-refractivity contribution in [1.29, 1.82) is 10.5 Å². The SMILES string of the molecule is [C-]#[N+]C1=C(C(C)(C)C)C(C)(c2c(F)c(F)c(F)c(F)c2F)OC1=C(C#N)C#N. The summed E-state index contributed by atoms with van der Waals surface area (Å²) in [5.41, 5.74) is -5.88. The lowest BCUT2D eigenvalue weighted by Gasteiger charge is -2.36. The smallest absolute Gasteiger partial charge is 0.234 e. The van der Waals surface area contributed by atoms with E-state index in [0.29, 0.717) is 0 Å². The van der Waals surface area contributed by atoms with E-state index in [4.69, 9.17) is 21.8 Å². The van der Waals surface area contributed by atoms with Gasteiger partial charge in [0.2, 0.25) is 11.5 Å². The van der Waals surface area contributed by atoms with Crippen LogP contribution in [0.3, 0.4) is 0 Å². The van der Waals surface area contributed by atoms with Gasteiger partial charge in [0.15, 0.2) is 34.6 Å². The predicted octanol–water partition coefficient (Wildman–Crippen LogP) is 5.15. The number of halogens is 5. The molecule has 0 spiro atoms. The van der Waals surface area contributed by atoms with E-state index < -0.39 is 62.7 Å². The van der Waals surface area contributed by atoms with Gasteiger partial charge in [0.05, 0.1) is 12.1 Å². The molecule has 1 aliphatic heterocycles. The third-order valence-electron chi connectivity index (χ3n) is 4.23. The number of allylic oxidation sites excluding steroid dienone is 1. The second kappa shape index (κ2) is 6.65. The van der Waals surface area contributed by atoms with E-state index in [-0.39, 0.29) is 5.57 Å². The summed E-state index contributed by atoms with van der Waals surface area (Å²) < 4.78 is 75.6. The first-order valence-corrected chi connectivity index (χ1v) is 7.75. The van der Waals surface area contributed by atoms with Crippen molar-refractivity contribution in [1.82, 2.24) is 0 Å². The van der Waals surface area contributed by atoms with Crippen molar-refractivity contribution in [3.63, 3.8) is 0 Å². The normalized spacial score (nSPS) is 19.0. The van der Waals surface area contributed by atoms with Crippen LogP contribution in [0, 0.1) is 63.7 Å². The summed E-state index contributed by atoms with van der Waals surface area (Å²) in [6.07, 6.45) is 0. The molecule has 0 aromatic heterocycles. The van der Waals surface area contributed by atoms with Crippen molar-refractivity contribution in [2.24, 2.45) is 5.41 Å². The van der Waals surface area contributed by atoms with Crippen LogP contribution < -0.4 is 0 Å². The first kappa shape index (κ1) is 20.9. The van der Waals surface area contributed by atoms with E-state index in [1.807, 2.05) is 0 Å². The molecule has 2 rings (SSSR count). The maximum absolute atomic E-state index is 14.5. The third kappa shape index (κ3) is 2.78. The largest absolute Gasteiger partial charge is 0.488 e. The number of rotatable bonds is 1. The van der Waals surface area contributed by atoms with E-state index in [1.165, 1.54) is 32.9 Å². The fourth-order valence-corrected chi connectivity index (χ4v) is 3.32. The number of hydrogen-bond donors (Lipinski definition) is 0. The molecule has 9 heteroatoms. The zero-order valence-electron chi connectivity index (χ0n) is 15.1. The highest BCUT2D eigenvalue weighted by atomic mass is 19.2. The highest BCUT2D eigenvalue weighted by Gasteiger charge is 2.52. The molecule has 0 fully saturated rings. The molecule has 0 saturated heterocycles. The van der Waals surface area contributed by atoms with Crippen molar-refractivity contribution >= 4 is 0 Å². The lowest BCUT2D eigenvalue weighted by atomic mass is 9.73. The predicted molar refractivity (Wildman–Crippen MR) is 86.0 cm³/mol. The molecule has 144 valence electrons. The molecule has 0 radical (unpaired) electrons. The molecule has 1 heterocycles. The van der Waals surface area contributed by atoms with Gasteiger partial charge in [0.25, 0.3) is 0 Å². The van der Waals surface area contributed by atoms with E-state index in [9.17, 15) is 22.0 Å². The average Bonchev–Trinajstić information content (AvgIpc) is 2.92. The number of nitriles is 2. The Morgan fingerprint density at radius 2 is 1.39 bits per heavy atom. The Morgan fingerprint density at radius 1 is 0.964 bits per heavy atom. The molecule has 1 atom stereocenters. The lowest BCUT2D eigenvalue weighted by Crippen LogP contribution is -2.34. The summed E-state index contributed by atoms with van der Waals surface area (Å²) in [4.78, 5) is 3.21. The zero-order valence-corrected chi connectivity index (χ0v) is 15.1. The van der Waals surface area contributed by atoms with E-state index >= 15 is 0 Å². The van der Waals surface area contributed by atoms with Gasteiger partial charge in [-0.05, 0) is 17.9 Å². The summed E-state index contributed by atoms with van der Waals surface area (Å²) in [6, 6.07) is 3.00. The topological polar surface area (TPSA) is 61.2 Å². The van der Waals surface area contributed by atoms with Crippen molar-refractivity contribution in [3.8, 4) is 12.1 Å². The molecule has 0 saturated carbocycles. The van der Waals surface area contributed by atoms with Gasteiger partial charge in [-0.15, -0.1) is 0 Å². The van der Waals surface area contributed by atoms with E-state index in [0.717, 1.165) is 6.92 Å². The van der Waals surface area contributed by atoms with Crippen LogP contribution >= 0.6 is 0 Å². The van der Waals surface area contributed by atoms with Gasteiger partial charge >= 0.3 is 0 Å². The van der Waals surface area contributed by atoms with E-state index in [1.54, 1.807) is 0 Å². The van der Waals surface area contributed by atoms with Crippen LogP contribution in [-0.2, 0) is 10.3 Å². The molecule has 1 aliphatic rings. The Kier molecular flexibility index (Phi) is 4.97. The Labute approximate surface area is 157 Å². The molecular weight excluding hydrogens is 381 g/mol. The molecule has 0 bridgehead atoms. The number of hydrogen-bond acceptors (Lipinski definition) is 3. The minimum absolute atomic E-state index is 0.129. The second-order valence-electron chi connectivity index (χ2n) is 7.09. The van der Waals surface area contributed by atoms with Gasteiger partial charge in [-0.3, -0.25) is 0 Å². The number of benzene rings is 1. The Balaban J connectivity index is 3.08. The van der Waals surface area contributed by atoms with Crippen molar-refractivity contribution in [2.45, 2.75) is 33.3 Å². The van der Waals surface area contributed by atoms with Gasteiger partial charge in [0.1, 0.15) is 17.7 Å². The molecule has 0 aliphatic carbocycles. The zero-order chi connectivity index (χ0) is 21.6. The van der Waals surface area contributed by atoms with Crippen LogP contribution in [-0.4, -0.2) is 0 Å². The molecular formula is C19H12F5N3O. The molecule has 1 aromatic rings. The minimum atomic E-state index is -2.34. The summed E-state index contributed by atoms with van der Waals surface area (Å²) in [7, 11) is 0. The quantitative estimate of drug-likeness (QED) is 0.218. The monoisotopic (exact) mass is 393 g/mol. The standard InChI is InChI=1S/C19H12F5N3O/c1-18(2,3)17-15(27-5)16(8(6-25)7-26)28-19(17,4)9-10(20)12(22)14(24)13(23)11(9)21/h1-4H3. The van der Waals surface area contributed by atoms with Crippen LogP contribution in [0.2, 0.25) is 0 Å². The van der Waals surface area contributed by atoms with Crippen LogP contribution in [0.1, 0.15) is 33.3 Å². The second-order valence-corrected chi connectivity index (χ2v) is 7.09. The Hall–Kier alpha value is -3.38. The summed E-state index contributed by atoms with van der Waals surface area (Å²) in [6.45, 7) is 13.0. The fourth-order valence-electron chi connectivity index (χ4n) is 3.32. The molecule has 28 heavy (non-hydrogen) atoms. The van der Waals surface area contributed by atoms with Gasteiger partial charge in [-0.1, -0.05) is 20.8 Å². The van der Waals surface area contributed by atoms with Crippen LogP contribution in [0.4, 0.5) is 22.0 Å². The fraction of sp³-hybridized carbons (Fsp3) is 0.316. The maximum atomic E-state index is 14.5. The van der Waals surface area contributed by atoms with Crippen LogP contribution in [0.5, 0.6) is 0 Å². The average molecular weight is 393 g/mol. The van der Waals surface area contributed by atoms with Gasteiger partial charge in [-0.25, -0.2) is 26.8 Å². The molecule has 4 nitrogen and oxygen atoms in total. The Morgan fingerprint density at radius 3 is 1.75 bits per heavy atom. The maximum Gasteiger partial charge on any atom is 0.234 e. The van der Waals surface area contributed by atoms with Crippen LogP contribution in [0.15, 0.2) is 22.6 Å². The highest BCUT2D eigenvalue weighted by Crippen LogP contribution is 2.54. The van der Waals surface area contributed by atoms with Gasteiger partial charge < -0.3 is 4.74 Å². The lowest BCUT2D eigenvalue weighted by molar-refractivity contribution is 0.0496. The minimum Gasteiger partial charge on any atom is -0.488 e. The molecule has 1 unspecified atom stereocenters. The summed E-state index contributed by atoms with van der Waals surface area (Å²) in [5.74, 6) is -11.5. The first-order chi connectivity index (χ1) is 12.9. The highest BCUT2D eigenvalue weighted by molar-refractivity contribution is 5.58. The summed E-state index contributed by atoms with van der Waals surface area (Å²) in [5, 5.41) is 18.2. The van der Waals surface area contributed by atoms with E-state index in [2.05, 4.69) is 4.85 Å². The summed E-state index contributed by atoms with van der Waals surface area (Å²) >= 11 is 0. The van der Waals surface area contributed by atoms with Gasteiger partial charge in [0, 0.05) is 0 Å². The third-order valence-corrected chi connectivity index (χ3v) is 4.23. The number of ether oxygens (including phenoxy) is 1. The van der Waals surface area contributed by atoms with Crippen LogP contribution in [0.25, 0.3) is 4.85 Å². The first-order valence-electron chi connectivity index (χ1n) is 7.75. The van der Waals surface area contributed by atoms with Crippen molar-refractivity contribution in [3.05, 3.63) is 68.7 Å². The molecule has 1 aromatic carbocycles. The van der Waals surface area contributed by atoms with Gasteiger partial charge in [-0.2, -0.15) is 10.5 Å². The molecule has 0 N–H and O–H groups in total.